The Labute approximate surface area is 140 Å². The lowest BCUT2D eigenvalue weighted by atomic mass is 9.93. The van der Waals surface area contributed by atoms with Gasteiger partial charge in [0.2, 0.25) is 5.91 Å². The lowest BCUT2D eigenvalue weighted by Crippen LogP contribution is -2.36. The average Bonchev–Trinajstić information content (AvgIpc) is 2.50. The number of hydrogen-bond acceptors (Lipinski definition) is 3. The molecule has 1 aromatic rings. The van der Waals surface area contributed by atoms with Crippen molar-refractivity contribution < 1.29 is 9.53 Å². The first kappa shape index (κ1) is 19.7. The molecule has 2 atom stereocenters. The Morgan fingerprint density at radius 2 is 1.78 bits per heavy atom. The van der Waals surface area contributed by atoms with Gasteiger partial charge in [0.05, 0.1) is 18.6 Å². The van der Waals surface area contributed by atoms with Gasteiger partial charge in [0.25, 0.3) is 0 Å². The summed E-state index contributed by atoms with van der Waals surface area (Å²) in [4.78, 5) is 12.2. The zero-order chi connectivity index (χ0) is 17.4. The highest BCUT2D eigenvalue weighted by atomic mass is 16.5. The van der Waals surface area contributed by atoms with Gasteiger partial charge >= 0.3 is 0 Å². The van der Waals surface area contributed by atoms with Crippen molar-refractivity contribution in [2.75, 3.05) is 13.7 Å². The van der Waals surface area contributed by atoms with Crippen LogP contribution in [0, 0.1) is 11.8 Å². The molecule has 0 spiro atoms. The Morgan fingerprint density at radius 3 is 2.22 bits per heavy atom. The van der Waals surface area contributed by atoms with Crippen molar-refractivity contribution in [2.24, 2.45) is 17.6 Å². The summed E-state index contributed by atoms with van der Waals surface area (Å²) in [5.74, 6) is 0.935. The molecule has 4 heteroatoms. The smallest absolute Gasteiger partial charge is 0.223 e. The molecule has 0 aliphatic rings. The van der Waals surface area contributed by atoms with E-state index in [1.807, 2.05) is 0 Å². The van der Waals surface area contributed by atoms with Gasteiger partial charge in [0, 0.05) is 13.7 Å². The van der Waals surface area contributed by atoms with Crippen LogP contribution in [0.4, 0.5) is 0 Å². The molecule has 23 heavy (non-hydrogen) atoms. The number of carbonyl (C=O) groups excluding carboxylic acids is 1. The Morgan fingerprint density at radius 1 is 1.17 bits per heavy atom. The predicted octanol–water partition coefficient (Wildman–Crippen LogP) is 3.06. The van der Waals surface area contributed by atoms with Crippen LogP contribution in [0.2, 0.25) is 0 Å². The number of ether oxygens (including phenoxy) is 1. The number of methoxy groups -OCH3 is 1. The largest absolute Gasteiger partial charge is 0.380 e. The van der Waals surface area contributed by atoms with Crippen molar-refractivity contribution in [1.82, 2.24) is 5.32 Å². The molecule has 0 saturated carbocycles. The second-order valence-electron chi connectivity index (χ2n) is 6.93. The SMILES string of the molecule is COC(CN)CC(=O)NC(c1ccc(CC(C)C)cc1)C(C)C. The van der Waals surface area contributed by atoms with Gasteiger partial charge in [-0.3, -0.25) is 4.79 Å². The van der Waals surface area contributed by atoms with Gasteiger partial charge in [0.1, 0.15) is 0 Å². The monoisotopic (exact) mass is 320 g/mol. The number of benzene rings is 1. The molecule has 0 aromatic heterocycles. The molecule has 3 N–H and O–H groups in total. The number of amides is 1. The van der Waals surface area contributed by atoms with Crippen LogP contribution in [0.25, 0.3) is 0 Å². The molecule has 0 aliphatic carbocycles. The molecular formula is C19H32N2O2. The summed E-state index contributed by atoms with van der Waals surface area (Å²) in [5, 5.41) is 3.12. The summed E-state index contributed by atoms with van der Waals surface area (Å²) < 4.78 is 5.18. The van der Waals surface area contributed by atoms with Crippen molar-refractivity contribution >= 4 is 5.91 Å². The first-order valence-electron chi connectivity index (χ1n) is 8.48. The lowest BCUT2D eigenvalue weighted by Gasteiger charge is -2.24. The number of hydrogen-bond donors (Lipinski definition) is 2. The minimum atomic E-state index is -0.226. The third-order valence-corrected chi connectivity index (χ3v) is 3.98. The van der Waals surface area contributed by atoms with Crippen molar-refractivity contribution in [3.8, 4) is 0 Å². The average molecular weight is 320 g/mol. The molecule has 1 rings (SSSR count). The minimum absolute atomic E-state index is 0.00545. The molecule has 0 radical (unpaired) electrons. The molecule has 2 unspecified atom stereocenters. The molecule has 0 fully saturated rings. The fourth-order valence-corrected chi connectivity index (χ4v) is 2.67. The van der Waals surface area contributed by atoms with Gasteiger partial charge in [-0.05, 0) is 29.4 Å². The number of nitrogens with two attached hydrogens (primary N) is 1. The zero-order valence-corrected chi connectivity index (χ0v) is 15.1. The summed E-state index contributed by atoms with van der Waals surface area (Å²) in [5.41, 5.74) is 8.06. The Bertz CT molecular complexity index is 465. The first-order chi connectivity index (χ1) is 10.9. The van der Waals surface area contributed by atoms with Crippen LogP contribution < -0.4 is 11.1 Å². The molecule has 1 amide bonds. The molecule has 130 valence electrons. The minimum Gasteiger partial charge on any atom is -0.380 e. The van der Waals surface area contributed by atoms with Crippen LogP contribution in [0.5, 0.6) is 0 Å². The van der Waals surface area contributed by atoms with E-state index in [0.717, 1.165) is 12.0 Å². The van der Waals surface area contributed by atoms with E-state index in [1.54, 1.807) is 7.11 Å². The van der Waals surface area contributed by atoms with Crippen molar-refractivity contribution in [3.05, 3.63) is 35.4 Å². The molecule has 1 aromatic carbocycles. The topological polar surface area (TPSA) is 64.3 Å². The van der Waals surface area contributed by atoms with E-state index in [2.05, 4.69) is 57.3 Å². The van der Waals surface area contributed by atoms with Gasteiger partial charge in [0.15, 0.2) is 0 Å². The highest BCUT2D eigenvalue weighted by molar-refractivity contribution is 5.77. The van der Waals surface area contributed by atoms with Gasteiger partial charge in [-0.25, -0.2) is 0 Å². The summed E-state index contributed by atoms with van der Waals surface area (Å²) in [7, 11) is 1.58. The van der Waals surface area contributed by atoms with Crippen LogP contribution in [0.1, 0.15) is 51.3 Å². The molecule has 0 saturated heterocycles. The Kier molecular flexibility index (Phi) is 8.28. The van der Waals surface area contributed by atoms with Gasteiger partial charge in [-0.2, -0.15) is 0 Å². The standard InChI is InChI=1S/C19H32N2O2/c1-13(2)10-15-6-8-16(9-7-15)19(14(3)4)21-18(22)11-17(12-20)23-5/h6-9,13-14,17,19H,10-12,20H2,1-5H3,(H,21,22). The van der Waals surface area contributed by atoms with E-state index >= 15 is 0 Å². The number of rotatable bonds is 9. The van der Waals surface area contributed by atoms with Crippen LogP contribution in [0.3, 0.4) is 0 Å². The number of nitrogens with one attached hydrogen (secondary N) is 1. The summed E-state index contributed by atoms with van der Waals surface area (Å²) in [6.45, 7) is 9.01. The van der Waals surface area contributed by atoms with E-state index in [4.69, 9.17) is 10.5 Å². The molecular weight excluding hydrogens is 288 g/mol. The molecule has 0 heterocycles. The summed E-state index contributed by atoms with van der Waals surface area (Å²) >= 11 is 0. The summed E-state index contributed by atoms with van der Waals surface area (Å²) in [6.07, 6.45) is 1.14. The third kappa shape index (κ3) is 6.71. The van der Waals surface area contributed by atoms with Gasteiger partial charge in [-0.1, -0.05) is 52.0 Å². The second kappa shape index (κ2) is 9.68. The van der Waals surface area contributed by atoms with Gasteiger partial charge < -0.3 is 15.8 Å². The quantitative estimate of drug-likeness (QED) is 0.735. The van der Waals surface area contributed by atoms with Crippen LogP contribution >= 0.6 is 0 Å². The highest BCUT2D eigenvalue weighted by Gasteiger charge is 2.20. The highest BCUT2D eigenvalue weighted by Crippen LogP contribution is 2.23. The normalized spacial score (nSPS) is 14.1. The van der Waals surface area contributed by atoms with E-state index in [1.165, 1.54) is 5.56 Å². The fraction of sp³-hybridized carbons (Fsp3) is 0.632. The van der Waals surface area contributed by atoms with E-state index in [0.29, 0.717) is 24.8 Å². The first-order valence-corrected chi connectivity index (χ1v) is 8.48. The second-order valence-corrected chi connectivity index (χ2v) is 6.93. The molecule has 0 aliphatic heterocycles. The van der Waals surface area contributed by atoms with Crippen molar-refractivity contribution in [2.45, 2.75) is 52.7 Å². The van der Waals surface area contributed by atoms with Crippen LogP contribution in [-0.4, -0.2) is 25.7 Å². The maximum absolute atomic E-state index is 12.2. The third-order valence-electron chi connectivity index (χ3n) is 3.98. The Balaban J connectivity index is 2.76. The van der Waals surface area contributed by atoms with E-state index in [-0.39, 0.29) is 18.1 Å². The van der Waals surface area contributed by atoms with E-state index in [9.17, 15) is 4.79 Å². The molecule has 4 nitrogen and oxygen atoms in total. The zero-order valence-electron chi connectivity index (χ0n) is 15.1. The number of carbonyl (C=O) groups is 1. The van der Waals surface area contributed by atoms with Crippen molar-refractivity contribution in [3.63, 3.8) is 0 Å². The summed E-state index contributed by atoms with van der Waals surface area (Å²) in [6, 6.07) is 8.58. The maximum atomic E-state index is 12.2. The van der Waals surface area contributed by atoms with Crippen LogP contribution in [-0.2, 0) is 16.0 Å². The van der Waals surface area contributed by atoms with E-state index < -0.39 is 0 Å². The predicted molar refractivity (Wildman–Crippen MR) is 95.2 cm³/mol. The lowest BCUT2D eigenvalue weighted by molar-refractivity contribution is -0.124. The van der Waals surface area contributed by atoms with Crippen LogP contribution in [0.15, 0.2) is 24.3 Å². The Hall–Kier alpha value is -1.39. The van der Waals surface area contributed by atoms with Gasteiger partial charge in [-0.15, -0.1) is 0 Å². The van der Waals surface area contributed by atoms with Crippen molar-refractivity contribution in [1.29, 1.82) is 0 Å². The fourth-order valence-electron chi connectivity index (χ4n) is 2.67. The molecule has 0 bridgehead atoms. The maximum Gasteiger partial charge on any atom is 0.223 e.